The summed E-state index contributed by atoms with van der Waals surface area (Å²) in [5, 5.41) is 12.0. The van der Waals surface area contributed by atoms with Gasteiger partial charge in [-0.05, 0) is 24.6 Å². The Morgan fingerprint density at radius 1 is 1.39 bits per heavy atom. The fourth-order valence-corrected chi connectivity index (χ4v) is 1.58. The van der Waals surface area contributed by atoms with Crippen LogP contribution in [0.5, 0.6) is 0 Å². The van der Waals surface area contributed by atoms with E-state index in [4.69, 9.17) is 11.0 Å². The minimum absolute atomic E-state index is 0.471. The third-order valence-electron chi connectivity index (χ3n) is 2.64. The van der Waals surface area contributed by atoms with Crippen LogP contribution in [0.25, 0.3) is 0 Å². The fourth-order valence-electron chi connectivity index (χ4n) is 1.58. The van der Waals surface area contributed by atoms with Crippen LogP contribution in [0.2, 0.25) is 0 Å². The smallest absolute Gasteiger partial charge is 0.134 e. The molecule has 1 heterocycles. The van der Waals surface area contributed by atoms with Gasteiger partial charge in [-0.2, -0.15) is 5.26 Å². The van der Waals surface area contributed by atoms with E-state index in [9.17, 15) is 0 Å². The van der Waals surface area contributed by atoms with Crippen LogP contribution in [0, 0.1) is 18.3 Å². The van der Waals surface area contributed by atoms with Gasteiger partial charge >= 0.3 is 0 Å². The van der Waals surface area contributed by atoms with E-state index in [2.05, 4.69) is 21.4 Å². The number of aromatic nitrogens is 2. The van der Waals surface area contributed by atoms with Crippen LogP contribution in [-0.4, -0.2) is 9.97 Å². The predicted octanol–water partition coefficient (Wildman–Crippen LogP) is 1.85. The lowest BCUT2D eigenvalue weighted by Gasteiger charge is -2.09. The average Bonchev–Trinajstić information content (AvgIpc) is 2.41. The van der Waals surface area contributed by atoms with Gasteiger partial charge in [0.2, 0.25) is 0 Å². The molecule has 0 bridgehead atoms. The summed E-state index contributed by atoms with van der Waals surface area (Å²) in [7, 11) is 0. The van der Waals surface area contributed by atoms with E-state index in [-0.39, 0.29) is 0 Å². The van der Waals surface area contributed by atoms with Crippen molar-refractivity contribution in [3.8, 4) is 6.07 Å². The molecular formula is C13H13N5. The van der Waals surface area contributed by atoms with Gasteiger partial charge in [0.05, 0.1) is 11.6 Å². The van der Waals surface area contributed by atoms with Crippen LogP contribution >= 0.6 is 0 Å². The maximum absolute atomic E-state index is 8.82. The van der Waals surface area contributed by atoms with Crippen molar-refractivity contribution in [3.63, 3.8) is 0 Å². The van der Waals surface area contributed by atoms with Crippen LogP contribution in [0.1, 0.15) is 16.7 Å². The number of anilines is 2. The molecule has 0 spiro atoms. The van der Waals surface area contributed by atoms with E-state index in [0.29, 0.717) is 23.7 Å². The molecule has 18 heavy (non-hydrogen) atoms. The van der Waals surface area contributed by atoms with E-state index < -0.39 is 0 Å². The van der Waals surface area contributed by atoms with Gasteiger partial charge < -0.3 is 11.1 Å². The first-order valence-electron chi connectivity index (χ1n) is 5.50. The maximum Gasteiger partial charge on any atom is 0.134 e. The van der Waals surface area contributed by atoms with Crippen molar-refractivity contribution in [2.24, 2.45) is 0 Å². The highest BCUT2D eigenvalue weighted by atomic mass is 15.0. The summed E-state index contributed by atoms with van der Waals surface area (Å²) in [5.74, 6) is 1.18. The highest BCUT2D eigenvalue weighted by Crippen LogP contribution is 2.16. The van der Waals surface area contributed by atoms with Crippen molar-refractivity contribution in [2.45, 2.75) is 13.5 Å². The largest absolute Gasteiger partial charge is 0.383 e. The lowest BCUT2D eigenvalue weighted by atomic mass is 10.1. The topological polar surface area (TPSA) is 87.6 Å². The SMILES string of the molecule is Cc1c(N)ncnc1NCc1cccc(C#N)c1. The third kappa shape index (κ3) is 2.55. The number of hydrogen-bond donors (Lipinski definition) is 2. The number of rotatable bonds is 3. The second-order valence-electron chi connectivity index (χ2n) is 3.90. The predicted molar refractivity (Wildman–Crippen MR) is 69.7 cm³/mol. The molecule has 90 valence electrons. The van der Waals surface area contributed by atoms with Crippen molar-refractivity contribution in [1.29, 1.82) is 5.26 Å². The number of benzene rings is 1. The highest BCUT2D eigenvalue weighted by Gasteiger charge is 2.03. The summed E-state index contributed by atoms with van der Waals surface area (Å²) < 4.78 is 0. The van der Waals surface area contributed by atoms with E-state index in [0.717, 1.165) is 11.1 Å². The van der Waals surface area contributed by atoms with E-state index in [1.807, 2.05) is 25.1 Å². The molecule has 2 aromatic rings. The standard InChI is InChI=1S/C13H13N5/c1-9-12(15)17-8-18-13(9)16-7-11-4-2-3-10(5-11)6-14/h2-5,8H,7H2,1H3,(H3,15,16,17,18). The second-order valence-corrected chi connectivity index (χ2v) is 3.90. The summed E-state index contributed by atoms with van der Waals surface area (Å²) in [6.07, 6.45) is 1.43. The Labute approximate surface area is 105 Å². The van der Waals surface area contributed by atoms with Gasteiger partial charge in [0.1, 0.15) is 18.0 Å². The van der Waals surface area contributed by atoms with E-state index in [1.165, 1.54) is 6.33 Å². The van der Waals surface area contributed by atoms with Gasteiger partial charge in [-0.1, -0.05) is 12.1 Å². The van der Waals surface area contributed by atoms with Crippen LogP contribution in [0.4, 0.5) is 11.6 Å². The molecule has 0 aliphatic heterocycles. The molecule has 0 saturated carbocycles. The zero-order chi connectivity index (χ0) is 13.0. The molecule has 5 nitrogen and oxygen atoms in total. The number of nitrogens with two attached hydrogens (primary N) is 1. The summed E-state index contributed by atoms with van der Waals surface area (Å²) in [6.45, 7) is 2.45. The highest BCUT2D eigenvalue weighted by molar-refractivity contribution is 5.54. The van der Waals surface area contributed by atoms with Gasteiger partial charge in [0.15, 0.2) is 0 Å². The molecule has 3 N–H and O–H groups in total. The molecule has 2 rings (SSSR count). The lowest BCUT2D eigenvalue weighted by molar-refractivity contribution is 1.06. The van der Waals surface area contributed by atoms with Gasteiger partial charge in [-0.3, -0.25) is 0 Å². The third-order valence-corrected chi connectivity index (χ3v) is 2.64. The summed E-state index contributed by atoms with van der Waals surface area (Å²) >= 11 is 0. The fraction of sp³-hybridized carbons (Fsp3) is 0.154. The summed E-state index contributed by atoms with van der Waals surface area (Å²) in [4.78, 5) is 8.03. The first-order valence-corrected chi connectivity index (χ1v) is 5.50. The summed E-state index contributed by atoms with van der Waals surface area (Å²) in [6, 6.07) is 9.54. The number of nitriles is 1. The van der Waals surface area contributed by atoms with Crippen molar-refractivity contribution in [1.82, 2.24) is 9.97 Å². The molecule has 1 aromatic heterocycles. The molecule has 0 fully saturated rings. The Hall–Kier alpha value is -2.61. The maximum atomic E-state index is 8.82. The average molecular weight is 239 g/mol. The Balaban J connectivity index is 2.12. The molecule has 0 saturated heterocycles. The Bertz CT molecular complexity index is 601. The molecule has 0 aliphatic carbocycles. The van der Waals surface area contributed by atoms with Gasteiger partial charge in [0, 0.05) is 12.1 Å². The van der Waals surface area contributed by atoms with Gasteiger partial charge in [-0.25, -0.2) is 9.97 Å². The normalized spacial score (nSPS) is 9.78. The minimum atomic E-state index is 0.471. The van der Waals surface area contributed by atoms with Gasteiger partial charge in [-0.15, -0.1) is 0 Å². The van der Waals surface area contributed by atoms with Gasteiger partial charge in [0.25, 0.3) is 0 Å². The number of hydrogen-bond acceptors (Lipinski definition) is 5. The van der Waals surface area contributed by atoms with Crippen molar-refractivity contribution >= 4 is 11.6 Å². The Morgan fingerprint density at radius 3 is 3.00 bits per heavy atom. The summed E-state index contributed by atoms with van der Waals surface area (Å²) in [5.41, 5.74) is 8.19. The number of nitrogen functional groups attached to an aromatic ring is 1. The van der Waals surface area contributed by atoms with Crippen molar-refractivity contribution < 1.29 is 0 Å². The second kappa shape index (κ2) is 5.15. The zero-order valence-corrected chi connectivity index (χ0v) is 10.0. The lowest BCUT2D eigenvalue weighted by Crippen LogP contribution is -2.06. The zero-order valence-electron chi connectivity index (χ0n) is 10.0. The molecule has 1 aromatic carbocycles. The number of nitrogens with zero attached hydrogens (tertiary/aromatic N) is 3. The quantitative estimate of drug-likeness (QED) is 0.853. The van der Waals surface area contributed by atoms with Crippen LogP contribution in [-0.2, 0) is 6.54 Å². The molecule has 5 heteroatoms. The molecular weight excluding hydrogens is 226 g/mol. The van der Waals surface area contributed by atoms with Crippen LogP contribution < -0.4 is 11.1 Å². The Kier molecular flexibility index (Phi) is 3.39. The first-order chi connectivity index (χ1) is 8.70. The Morgan fingerprint density at radius 2 is 2.22 bits per heavy atom. The van der Waals surface area contributed by atoms with Crippen molar-refractivity contribution in [2.75, 3.05) is 11.1 Å². The molecule has 0 atom stereocenters. The minimum Gasteiger partial charge on any atom is -0.383 e. The first kappa shape index (κ1) is 11.9. The molecule has 0 unspecified atom stereocenters. The van der Waals surface area contributed by atoms with E-state index in [1.54, 1.807) is 6.07 Å². The molecule has 0 radical (unpaired) electrons. The molecule has 0 amide bonds. The van der Waals surface area contributed by atoms with Crippen LogP contribution in [0.3, 0.4) is 0 Å². The van der Waals surface area contributed by atoms with E-state index >= 15 is 0 Å². The number of nitrogens with one attached hydrogen (secondary N) is 1. The van der Waals surface area contributed by atoms with Crippen LogP contribution in [0.15, 0.2) is 30.6 Å². The molecule has 0 aliphatic rings. The monoisotopic (exact) mass is 239 g/mol. The van der Waals surface area contributed by atoms with Crippen molar-refractivity contribution in [3.05, 3.63) is 47.3 Å².